The Labute approximate surface area is 153 Å². The van der Waals surface area contributed by atoms with Gasteiger partial charge in [-0.15, -0.1) is 13.2 Å². The molecule has 0 aliphatic rings. The standard InChI is InChI=1S/C16H16ClF3N4O2/c1-3-24(4-2)15-21-9-12(17)13(23-15)14(25)22-10-6-5-7-11(8-10)26-16(18,19)20/h5-9H,3-4H2,1-2H3,(H,22,25). The second-order valence-electron chi connectivity index (χ2n) is 5.07. The van der Waals surface area contributed by atoms with Gasteiger partial charge >= 0.3 is 6.36 Å². The third-order valence-electron chi connectivity index (χ3n) is 3.32. The van der Waals surface area contributed by atoms with E-state index >= 15 is 0 Å². The maximum absolute atomic E-state index is 12.4. The highest BCUT2D eigenvalue weighted by Gasteiger charge is 2.31. The van der Waals surface area contributed by atoms with Gasteiger partial charge in [-0.3, -0.25) is 4.79 Å². The van der Waals surface area contributed by atoms with Crippen molar-refractivity contribution in [1.29, 1.82) is 0 Å². The maximum atomic E-state index is 12.4. The molecule has 0 bridgehead atoms. The van der Waals surface area contributed by atoms with Crippen LogP contribution >= 0.6 is 11.6 Å². The van der Waals surface area contributed by atoms with Crippen LogP contribution in [0.5, 0.6) is 5.75 Å². The number of aromatic nitrogens is 2. The summed E-state index contributed by atoms with van der Waals surface area (Å²) >= 11 is 5.99. The lowest BCUT2D eigenvalue weighted by molar-refractivity contribution is -0.274. The van der Waals surface area contributed by atoms with Crippen molar-refractivity contribution in [2.45, 2.75) is 20.2 Å². The molecule has 0 saturated heterocycles. The van der Waals surface area contributed by atoms with Crippen molar-refractivity contribution in [2.75, 3.05) is 23.3 Å². The summed E-state index contributed by atoms with van der Waals surface area (Å²) < 4.78 is 40.7. The van der Waals surface area contributed by atoms with Gasteiger partial charge in [0.15, 0.2) is 5.69 Å². The number of ether oxygens (including phenoxy) is 1. The SMILES string of the molecule is CCN(CC)c1ncc(Cl)c(C(=O)Nc2cccc(OC(F)(F)F)c2)n1. The summed E-state index contributed by atoms with van der Waals surface area (Å²) in [4.78, 5) is 22.5. The number of hydrogen-bond acceptors (Lipinski definition) is 5. The van der Waals surface area contributed by atoms with Crippen LogP contribution in [-0.2, 0) is 0 Å². The van der Waals surface area contributed by atoms with E-state index in [0.717, 1.165) is 12.1 Å². The molecule has 0 saturated carbocycles. The van der Waals surface area contributed by atoms with Gasteiger partial charge in [-0.2, -0.15) is 0 Å². The van der Waals surface area contributed by atoms with Crippen LogP contribution in [-0.4, -0.2) is 35.3 Å². The molecule has 10 heteroatoms. The van der Waals surface area contributed by atoms with Crippen molar-refractivity contribution < 1.29 is 22.7 Å². The van der Waals surface area contributed by atoms with Crippen molar-refractivity contribution in [1.82, 2.24) is 9.97 Å². The van der Waals surface area contributed by atoms with E-state index in [9.17, 15) is 18.0 Å². The van der Waals surface area contributed by atoms with Gasteiger partial charge in [0.25, 0.3) is 5.91 Å². The van der Waals surface area contributed by atoms with Gasteiger partial charge in [0.1, 0.15) is 5.75 Å². The average molecular weight is 389 g/mol. The minimum atomic E-state index is -4.82. The number of nitrogens with zero attached hydrogens (tertiary/aromatic N) is 3. The molecule has 1 heterocycles. The number of anilines is 2. The smallest absolute Gasteiger partial charge is 0.406 e. The van der Waals surface area contributed by atoms with Crippen LogP contribution in [0.1, 0.15) is 24.3 Å². The first kappa shape index (κ1) is 19.8. The van der Waals surface area contributed by atoms with E-state index in [0.29, 0.717) is 19.0 Å². The molecule has 0 aliphatic carbocycles. The Kier molecular flexibility index (Phi) is 6.25. The highest BCUT2D eigenvalue weighted by atomic mass is 35.5. The Balaban J connectivity index is 2.22. The lowest BCUT2D eigenvalue weighted by atomic mass is 10.3. The molecule has 0 fully saturated rings. The Bertz CT molecular complexity index is 782. The number of alkyl halides is 3. The van der Waals surface area contributed by atoms with Gasteiger partial charge in [-0.25, -0.2) is 9.97 Å². The molecule has 2 aromatic rings. The predicted molar refractivity (Wildman–Crippen MR) is 91.7 cm³/mol. The summed E-state index contributed by atoms with van der Waals surface area (Å²) in [6.45, 7) is 5.09. The van der Waals surface area contributed by atoms with Crippen LogP contribution in [0.2, 0.25) is 5.02 Å². The van der Waals surface area contributed by atoms with Crippen LogP contribution in [0, 0.1) is 0 Å². The second-order valence-corrected chi connectivity index (χ2v) is 5.48. The normalized spacial score (nSPS) is 11.2. The summed E-state index contributed by atoms with van der Waals surface area (Å²) in [7, 11) is 0. The molecule has 1 amide bonds. The predicted octanol–water partition coefficient (Wildman–Crippen LogP) is 4.13. The molecule has 0 aliphatic heterocycles. The summed E-state index contributed by atoms with van der Waals surface area (Å²) in [6.07, 6.45) is -3.52. The first-order chi connectivity index (χ1) is 12.2. The number of hydrogen-bond donors (Lipinski definition) is 1. The summed E-state index contributed by atoms with van der Waals surface area (Å²) in [5, 5.41) is 2.48. The molecule has 0 unspecified atom stereocenters. The molecule has 0 radical (unpaired) electrons. The van der Waals surface area contributed by atoms with Gasteiger partial charge in [-0.05, 0) is 26.0 Å². The Morgan fingerprint density at radius 2 is 2.00 bits per heavy atom. The van der Waals surface area contributed by atoms with Gasteiger partial charge in [0.2, 0.25) is 5.95 Å². The minimum absolute atomic E-state index is 0.0288. The fourth-order valence-electron chi connectivity index (χ4n) is 2.14. The molecule has 1 aromatic heterocycles. The average Bonchev–Trinajstić information content (AvgIpc) is 2.56. The lowest BCUT2D eigenvalue weighted by Gasteiger charge is -2.19. The summed E-state index contributed by atoms with van der Waals surface area (Å²) in [5.74, 6) is -0.790. The molecule has 1 aromatic carbocycles. The summed E-state index contributed by atoms with van der Waals surface area (Å²) in [6, 6.07) is 4.91. The molecule has 140 valence electrons. The van der Waals surface area contributed by atoms with E-state index < -0.39 is 18.0 Å². The number of benzene rings is 1. The zero-order valence-electron chi connectivity index (χ0n) is 14.0. The number of carbonyl (C=O) groups excluding carboxylic acids is 1. The van der Waals surface area contributed by atoms with Gasteiger partial charge in [-0.1, -0.05) is 17.7 Å². The van der Waals surface area contributed by atoms with E-state index in [2.05, 4.69) is 20.0 Å². The first-order valence-electron chi connectivity index (χ1n) is 7.68. The maximum Gasteiger partial charge on any atom is 0.573 e. The summed E-state index contributed by atoms with van der Waals surface area (Å²) in [5.41, 5.74) is 0.0292. The van der Waals surface area contributed by atoms with E-state index in [4.69, 9.17) is 11.6 Å². The number of rotatable bonds is 6. The van der Waals surface area contributed by atoms with Crippen molar-refractivity contribution in [3.63, 3.8) is 0 Å². The minimum Gasteiger partial charge on any atom is -0.406 e. The topological polar surface area (TPSA) is 67.4 Å². The van der Waals surface area contributed by atoms with Crippen molar-refractivity contribution in [2.24, 2.45) is 0 Å². The van der Waals surface area contributed by atoms with Crippen molar-refractivity contribution in [3.8, 4) is 5.75 Å². The fourth-order valence-corrected chi connectivity index (χ4v) is 2.31. The third kappa shape index (κ3) is 5.22. The number of carbonyl (C=O) groups is 1. The largest absolute Gasteiger partial charge is 0.573 e. The van der Waals surface area contributed by atoms with Crippen LogP contribution in [0.25, 0.3) is 0 Å². The van der Waals surface area contributed by atoms with E-state index in [1.807, 2.05) is 18.7 Å². The van der Waals surface area contributed by atoms with E-state index in [1.165, 1.54) is 18.3 Å². The Hall–Kier alpha value is -2.55. The highest BCUT2D eigenvalue weighted by Crippen LogP contribution is 2.25. The third-order valence-corrected chi connectivity index (χ3v) is 3.59. The molecule has 1 N–H and O–H groups in total. The van der Waals surface area contributed by atoms with Crippen LogP contribution in [0.15, 0.2) is 30.5 Å². The fraction of sp³-hybridized carbons (Fsp3) is 0.312. The number of nitrogens with one attached hydrogen (secondary N) is 1. The second kappa shape index (κ2) is 8.22. The highest BCUT2D eigenvalue weighted by molar-refractivity contribution is 6.34. The van der Waals surface area contributed by atoms with Crippen molar-refractivity contribution >= 4 is 29.1 Å². The number of halogens is 4. The van der Waals surface area contributed by atoms with Crippen LogP contribution in [0.4, 0.5) is 24.8 Å². The quantitative estimate of drug-likeness (QED) is 0.806. The van der Waals surface area contributed by atoms with E-state index in [1.54, 1.807) is 0 Å². The number of amides is 1. The van der Waals surface area contributed by atoms with Crippen molar-refractivity contribution in [3.05, 3.63) is 41.2 Å². The lowest BCUT2D eigenvalue weighted by Crippen LogP contribution is -2.25. The molecule has 2 rings (SSSR count). The van der Waals surface area contributed by atoms with Crippen LogP contribution < -0.4 is 15.0 Å². The van der Waals surface area contributed by atoms with Gasteiger partial charge in [0.05, 0.1) is 11.2 Å². The molecule has 26 heavy (non-hydrogen) atoms. The Morgan fingerprint density at radius 1 is 1.31 bits per heavy atom. The molecule has 0 spiro atoms. The van der Waals surface area contributed by atoms with Gasteiger partial charge in [0, 0.05) is 24.8 Å². The molecule has 6 nitrogen and oxygen atoms in total. The van der Waals surface area contributed by atoms with E-state index in [-0.39, 0.29) is 16.4 Å². The van der Waals surface area contributed by atoms with Gasteiger partial charge < -0.3 is 15.0 Å². The molecular formula is C16H16ClF3N4O2. The zero-order chi connectivity index (χ0) is 19.3. The zero-order valence-corrected chi connectivity index (χ0v) is 14.7. The molecule has 0 atom stereocenters. The molecular weight excluding hydrogens is 373 g/mol. The van der Waals surface area contributed by atoms with Crippen LogP contribution in [0.3, 0.4) is 0 Å². The monoisotopic (exact) mass is 388 g/mol. The Morgan fingerprint density at radius 3 is 2.62 bits per heavy atom. The first-order valence-corrected chi connectivity index (χ1v) is 8.06.